The Kier molecular flexibility index (Phi) is 7.55. The number of pyridine rings is 1. The van der Waals surface area contributed by atoms with E-state index in [2.05, 4.69) is 10.3 Å². The summed E-state index contributed by atoms with van der Waals surface area (Å²) in [6, 6.07) is 22.0. The van der Waals surface area contributed by atoms with Gasteiger partial charge < -0.3 is 15.0 Å². The summed E-state index contributed by atoms with van der Waals surface area (Å²) in [5.74, 6) is -0.195. The second-order valence-corrected chi connectivity index (χ2v) is 7.00. The molecule has 0 radical (unpaired) electrons. The quantitative estimate of drug-likeness (QED) is 0.624. The maximum atomic E-state index is 13.1. The van der Waals surface area contributed by atoms with Crippen LogP contribution in [0.15, 0.2) is 85.2 Å². The van der Waals surface area contributed by atoms with E-state index in [0.717, 1.165) is 16.7 Å². The first-order valence-electron chi connectivity index (χ1n) is 9.77. The first-order chi connectivity index (χ1) is 14.6. The molecular formula is C24H25N3O3. The van der Waals surface area contributed by atoms with E-state index in [4.69, 9.17) is 4.74 Å². The minimum absolute atomic E-state index is 0.139. The zero-order chi connectivity index (χ0) is 21.2. The molecule has 1 atom stereocenters. The van der Waals surface area contributed by atoms with Crippen molar-refractivity contribution >= 4 is 12.0 Å². The summed E-state index contributed by atoms with van der Waals surface area (Å²) in [6.07, 6.45) is 3.05. The van der Waals surface area contributed by atoms with E-state index in [1.807, 2.05) is 66.7 Å². The number of alkyl carbamates (subject to hydrolysis) is 1. The highest BCUT2D eigenvalue weighted by molar-refractivity contribution is 5.85. The number of hydrogen-bond donors (Lipinski definition) is 1. The van der Waals surface area contributed by atoms with Gasteiger partial charge in [0.05, 0.1) is 0 Å². The standard InChI is InChI=1S/C24H25N3O3/c1-27(17-19-9-4-2-5-10-19)23(28)22(15-21-13-8-14-25-16-21)26-24(29)30-18-20-11-6-3-7-12-20/h2-14,16,22H,15,17-18H2,1H3,(H,26,29)/t22-/m0/s1. The first kappa shape index (κ1) is 21.0. The van der Waals surface area contributed by atoms with E-state index in [1.165, 1.54) is 0 Å². The number of ether oxygens (including phenoxy) is 1. The largest absolute Gasteiger partial charge is 0.445 e. The molecule has 154 valence electrons. The predicted octanol–water partition coefficient (Wildman–Crippen LogP) is 3.58. The van der Waals surface area contributed by atoms with Gasteiger partial charge in [-0.05, 0) is 22.8 Å². The summed E-state index contributed by atoms with van der Waals surface area (Å²) < 4.78 is 5.31. The lowest BCUT2D eigenvalue weighted by molar-refractivity contribution is -0.132. The third-order valence-corrected chi connectivity index (χ3v) is 4.60. The van der Waals surface area contributed by atoms with Crippen LogP contribution in [0.3, 0.4) is 0 Å². The molecule has 2 aromatic carbocycles. The van der Waals surface area contributed by atoms with Crippen LogP contribution in [0, 0.1) is 0 Å². The summed E-state index contributed by atoms with van der Waals surface area (Å²) in [7, 11) is 1.72. The van der Waals surface area contributed by atoms with E-state index in [-0.39, 0.29) is 12.5 Å². The summed E-state index contributed by atoms with van der Waals surface area (Å²) in [5, 5.41) is 2.72. The fraction of sp³-hybridized carbons (Fsp3) is 0.208. The van der Waals surface area contributed by atoms with Gasteiger partial charge in [-0.3, -0.25) is 9.78 Å². The SMILES string of the molecule is CN(Cc1ccccc1)C(=O)[C@H](Cc1cccnc1)NC(=O)OCc1ccccc1. The Morgan fingerprint density at radius 3 is 2.20 bits per heavy atom. The third-order valence-electron chi connectivity index (χ3n) is 4.60. The molecule has 0 fully saturated rings. The van der Waals surface area contributed by atoms with Crippen LogP contribution < -0.4 is 5.32 Å². The van der Waals surface area contributed by atoms with Gasteiger partial charge in [0.15, 0.2) is 0 Å². The van der Waals surface area contributed by atoms with Crippen molar-refractivity contribution < 1.29 is 14.3 Å². The Bertz CT molecular complexity index is 934. The maximum absolute atomic E-state index is 13.1. The third kappa shape index (κ3) is 6.44. The van der Waals surface area contributed by atoms with Crippen LogP contribution in [0.1, 0.15) is 16.7 Å². The average Bonchev–Trinajstić information content (AvgIpc) is 2.79. The number of likely N-dealkylation sites (N-methyl/N-ethyl adjacent to an activating group) is 1. The number of carbonyl (C=O) groups excluding carboxylic acids is 2. The fourth-order valence-corrected chi connectivity index (χ4v) is 3.06. The van der Waals surface area contributed by atoms with Gasteiger partial charge in [-0.25, -0.2) is 4.79 Å². The van der Waals surface area contributed by atoms with Gasteiger partial charge in [0, 0.05) is 32.4 Å². The lowest BCUT2D eigenvalue weighted by Gasteiger charge is -2.24. The van der Waals surface area contributed by atoms with Crippen molar-refractivity contribution in [1.82, 2.24) is 15.2 Å². The van der Waals surface area contributed by atoms with Gasteiger partial charge in [-0.15, -0.1) is 0 Å². The Morgan fingerprint density at radius 2 is 1.57 bits per heavy atom. The molecule has 0 spiro atoms. The maximum Gasteiger partial charge on any atom is 0.408 e. The zero-order valence-corrected chi connectivity index (χ0v) is 16.9. The molecule has 6 nitrogen and oxygen atoms in total. The van der Waals surface area contributed by atoms with Crippen LogP contribution in [-0.4, -0.2) is 35.0 Å². The lowest BCUT2D eigenvalue weighted by Crippen LogP contribution is -2.48. The smallest absolute Gasteiger partial charge is 0.408 e. The Labute approximate surface area is 176 Å². The molecule has 0 aliphatic rings. The number of nitrogens with zero attached hydrogens (tertiary/aromatic N) is 2. The Balaban J connectivity index is 1.66. The highest BCUT2D eigenvalue weighted by Gasteiger charge is 2.25. The number of aromatic nitrogens is 1. The normalized spacial score (nSPS) is 11.4. The van der Waals surface area contributed by atoms with Crippen molar-refractivity contribution in [3.8, 4) is 0 Å². The van der Waals surface area contributed by atoms with Gasteiger partial charge in [0.25, 0.3) is 0 Å². The average molecular weight is 403 g/mol. The number of rotatable bonds is 8. The number of carbonyl (C=O) groups is 2. The van der Waals surface area contributed by atoms with Crippen molar-refractivity contribution in [3.63, 3.8) is 0 Å². The van der Waals surface area contributed by atoms with Crippen LogP contribution in [0.2, 0.25) is 0 Å². The molecule has 3 aromatic rings. The molecule has 6 heteroatoms. The molecule has 3 rings (SSSR count). The highest BCUT2D eigenvalue weighted by atomic mass is 16.5. The number of nitrogens with one attached hydrogen (secondary N) is 1. The number of amides is 2. The van der Waals surface area contributed by atoms with Gasteiger partial charge in [0.2, 0.25) is 5.91 Å². The van der Waals surface area contributed by atoms with Gasteiger partial charge >= 0.3 is 6.09 Å². The second-order valence-electron chi connectivity index (χ2n) is 7.00. The predicted molar refractivity (Wildman–Crippen MR) is 114 cm³/mol. The molecule has 2 amide bonds. The van der Waals surface area contributed by atoms with Crippen molar-refractivity contribution in [2.45, 2.75) is 25.6 Å². The number of hydrogen-bond acceptors (Lipinski definition) is 4. The molecule has 1 N–H and O–H groups in total. The van der Waals surface area contributed by atoms with Crippen LogP contribution in [-0.2, 0) is 29.1 Å². The van der Waals surface area contributed by atoms with Gasteiger partial charge in [-0.2, -0.15) is 0 Å². The van der Waals surface area contributed by atoms with Crippen molar-refractivity contribution in [3.05, 3.63) is 102 Å². The molecule has 0 saturated heterocycles. The molecule has 0 aliphatic heterocycles. The molecule has 0 bridgehead atoms. The molecule has 1 aromatic heterocycles. The van der Waals surface area contributed by atoms with Crippen LogP contribution in [0.5, 0.6) is 0 Å². The number of benzene rings is 2. The van der Waals surface area contributed by atoms with E-state index in [1.54, 1.807) is 30.4 Å². The molecular weight excluding hydrogens is 378 g/mol. The summed E-state index contributed by atoms with van der Waals surface area (Å²) in [6.45, 7) is 0.588. The van der Waals surface area contributed by atoms with Gasteiger partial charge in [0.1, 0.15) is 12.6 Å². The van der Waals surface area contributed by atoms with Crippen LogP contribution in [0.25, 0.3) is 0 Å². The van der Waals surface area contributed by atoms with E-state index in [9.17, 15) is 9.59 Å². The van der Waals surface area contributed by atoms with Crippen molar-refractivity contribution in [2.75, 3.05) is 7.05 Å². The Morgan fingerprint density at radius 1 is 0.933 bits per heavy atom. The monoisotopic (exact) mass is 403 g/mol. The summed E-state index contributed by atoms with van der Waals surface area (Å²) in [5.41, 5.74) is 2.75. The second kappa shape index (κ2) is 10.8. The molecule has 30 heavy (non-hydrogen) atoms. The van der Waals surface area contributed by atoms with Crippen molar-refractivity contribution in [2.24, 2.45) is 0 Å². The Hall–Kier alpha value is -3.67. The molecule has 0 aliphatic carbocycles. The molecule has 0 saturated carbocycles. The minimum Gasteiger partial charge on any atom is -0.445 e. The minimum atomic E-state index is -0.758. The lowest BCUT2D eigenvalue weighted by atomic mass is 10.1. The van der Waals surface area contributed by atoms with Crippen molar-refractivity contribution in [1.29, 1.82) is 0 Å². The summed E-state index contributed by atoms with van der Waals surface area (Å²) >= 11 is 0. The molecule has 0 unspecified atom stereocenters. The van der Waals surface area contributed by atoms with Gasteiger partial charge in [-0.1, -0.05) is 66.7 Å². The topological polar surface area (TPSA) is 71.5 Å². The van der Waals surface area contributed by atoms with E-state index < -0.39 is 12.1 Å². The fourth-order valence-electron chi connectivity index (χ4n) is 3.06. The van der Waals surface area contributed by atoms with E-state index >= 15 is 0 Å². The molecule has 1 heterocycles. The zero-order valence-electron chi connectivity index (χ0n) is 16.9. The first-order valence-corrected chi connectivity index (χ1v) is 9.77. The van der Waals surface area contributed by atoms with Crippen LogP contribution in [0.4, 0.5) is 4.79 Å². The summed E-state index contributed by atoms with van der Waals surface area (Å²) in [4.78, 5) is 31.2. The van der Waals surface area contributed by atoms with Crippen LogP contribution >= 0.6 is 0 Å². The van der Waals surface area contributed by atoms with E-state index in [0.29, 0.717) is 13.0 Å². The highest BCUT2D eigenvalue weighted by Crippen LogP contribution is 2.09.